The molecule has 0 aromatic heterocycles. The van der Waals surface area contributed by atoms with E-state index in [0.717, 1.165) is 43.4 Å². The third-order valence-electron chi connectivity index (χ3n) is 7.45. The number of nitrogens with zero attached hydrogens (tertiary/aromatic N) is 1. The molecule has 3 aliphatic rings. The van der Waals surface area contributed by atoms with Gasteiger partial charge in [-0.15, -0.1) is 0 Å². The Labute approximate surface area is 198 Å². The lowest BCUT2D eigenvalue weighted by atomic mass is 9.68. The highest BCUT2D eigenvalue weighted by Gasteiger charge is 2.53. The Hall–Kier alpha value is -1.95. The summed E-state index contributed by atoms with van der Waals surface area (Å²) in [5.41, 5.74) is 0.162. The maximum Gasteiger partial charge on any atom is 0.410 e. The van der Waals surface area contributed by atoms with Gasteiger partial charge in [-0.2, -0.15) is 0 Å². The Kier molecular flexibility index (Phi) is 6.60. The second kappa shape index (κ2) is 9.01. The van der Waals surface area contributed by atoms with Gasteiger partial charge in [0.05, 0.1) is 12.2 Å². The summed E-state index contributed by atoms with van der Waals surface area (Å²) in [6, 6.07) is 5.40. The normalized spacial score (nSPS) is 31.3. The van der Waals surface area contributed by atoms with E-state index in [2.05, 4.69) is 20.8 Å². The molecule has 3 aliphatic heterocycles. The van der Waals surface area contributed by atoms with Crippen LogP contribution in [0.25, 0.3) is 0 Å². The first-order valence-corrected chi connectivity index (χ1v) is 12.6. The smallest absolute Gasteiger partial charge is 0.410 e. The van der Waals surface area contributed by atoms with Crippen molar-refractivity contribution in [1.82, 2.24) is 4.90 Å². The van der Waals surface area contributed by atoms with E-state index in [9.17, 15) is 9.90 Å². The van der Waals surface area contributed by atoms with Crippen molar-refractivity contribution in [2.24, 2.45) is 17.8 Å². The zero-order valence-electron chi connectivity index (χ0n) is 21.1. The van der Waals surface area contributed by atoms with Crippen molar-refractivity contribution >= 4 is 6.09 Å². The van der Waals surface area contributed by atoms with Gasteiger partial charge in [-0.3, -0.25) is 0 Å². The van der Waals surface area contributed by atoms with Crippen molar-refractivity contribution in [1.29, 1.82) is 0 Å². The van der Waals surface area contributed by atoms with Gasteiger partial charge in [-0.25, -0.2) is 4.79 Å². The Morgan fingerprint density at radius 1 is 1.33 bits per heavy atom. The van der Waals surface area contributed by atoms with Gasteiger partial charge in [0.2, 0.25) is 0 Å². The highest BCUT2D eigenvalue weighted by atomic mass is 16.6. The fraction of sp³-hybridized carbons (Fsp3) is 0.741. The number of hydrogen-bond donors (Lipinski definition) is 1. The van der Waals surface area contributed by atoms with E-state index in [1.165, 1.54) is 0 Å². The summed E-state index contributed by atoms with van der Waals surface area (Å²) in [5, 5.41) is 10.1. The minimum atomic E-state index is -0.496. The zero-order chi connectivity index (χ0) is 24.0. The first-order valence-electron chi connectivity index (χ1n) is 12.6. The monoisotopic (exact) mass is 459 g/mol. The van der Waals surface area contributed by atoms with Crippen LogP contribution in [0.3, 0.4) is 0 Å². The fourth-order valence-corrected chi connectivity index (χ4v) is 5.77. The molecule has 5 atom stereocenters. The largest absolute Gasteiger partial charge is 0.508 e. The summed E-state index contributed by atoms with van der Waals surface area (Å²) in [7, 11) is 0. The maximum atomic E-state index is 12.7. The number of carbonyl (C=O) groups excluding carboxylic acids is 1. The van der Waals surface area contributed by atoms with Crippen molar-refractivity contribution in [2.75, 3.05) is 13.1 Å². The van der Waals surface area contributed by atoms with E-state index in [-0.39, 0.29) is 41.5 Å². The number of piperidine rings is 1. The summed E-state index contributed by atoms with van der Waals surface area (Å²) in [5.74, 6) is 2.07. The first-order chi connectivity index (χ1) is 15.4. The second-order valence-electron chi connectivity index (χ2n) is 11.8. The SMILES string of the molecule is CC(C)CCC[C@@]1(C)Oc2cc(O)ccc2[C@@H]2O[C@@H]3CCN(C(=O)OC(C)(C)C)C[C@H]3C[C@H]21. The molecule has 4 rings (SSSR count). The van der Waals surface area contributed by atoms with E-state index in [4.69, 9.17) is 14.2 Å². The molecule has 0 aliphatic carbocycles. The summed E-state index contributed by atoms with van der Waals surface area (Å²) in [6.45, 7) is 13.7. The third kappa shape index (κ3) is 5.26. The van der Waals surface area contributed by atoms with Gasteiger partial charge in [0.25, 0.3) is 0 Å². The van der Waals surface area contributed by atoms with E-state index >= 15 is 0 Å². The lowest BCUT2D eigenvalue weighted by Gasteiger charge is -2.54. The van der Waals surface area contributed by atoms with Gasteiger partial charge < -0.3 is 24.2 Å². The van der Waals surface area contributed by atoms with Crippen LogP contribution in [0.15, 0.2) is 18.2 Å². The van der Waals surface area contributed by atoms with Gasteiger partial charge in [0.1, 0.15) is 22.7 Å². The van der Waals surface area contributed by atoms with Crippen molar-refractivity contribution in [3.05, 3.63) is 23.8 Å². The lowest BCUT2D eigenvalue weighted by molar-refractivity contribution is -0.191. The summed E-state index contributed by atoms with van der Waals surface area (Å²) in [6.07, 6.45) is 4.78. The standard InChI is InChI=1S/C27H41NO5/c1-17(2)8-7-12-27(6)21-14-18-16-28(25(30)33-26(3,4)5)13-11-22(18)31-24(21)20-10-9-19(29)15-23(20)32-27/h9-10,15,17-18,21-22,24,29H,7-8,11-14,16H2,1-6H3/t18-,21-,22-,24+,27-/m1/s1. The topological polar surface area (TPSA) is 68.2 Å². The van der Waals surface area contributed by atoms with Gasteiger partial charge in [0.15, 0.2) is 0 Å². The second-order valence-corrected chi connectivity index (χ2v) is 11.8. The average Bonchev–Trinajstić information content (AvgIpc) is 2.70. The van der Waals surface area contributed by atoms with Crippen LogP contribution in [0.4, 0.5) is 4.79 Å². The molecule has 2 fully saturated rings. The van der Waals surface area contributed by atoms with Crippen LogP contribution < -0.4 is 4.74 Å². The fourth-order valence-electron chi connectivity index (χ4n) is 5.77. The van der Waals surface area contributed by atoms with Gasteiger partial charge in [-0.05, 0) is 71.4 Å². The summed E-state index contributed by atoms with van der Waals surface area (Å²) in [4.78, 5) is 14.6. The molecule has 0 radical (unpaired) electrons. The van der Waals surface area contributed by atoms with Gasteiger partial charge >= 0.3 is 6.09 Å². The van der Waals surface area contributed by atoms with Crippen LogP contribution >= 0.6 is 0 Å². The number of carbonyl (C=O) groups is 1. The molecule has 0 unspecified atom stereocenters. The van der Waals surface area contributed by atoms with Crippen LogP contribution in [0.5, 0.6) is 11.5 Å². The van der Waals surface area contributed by atoms with E-state index < -0.39 is 5.60 Å². The van der Waals surface area contributed by atoms with Crippen molar-refractivity contribution in [3.8, 4) is 11.5 Å². The molecule has 1 aromatic carbocycles. The number of benzene rings is 1. The molecule has 3 heterocycles. The number of likely N-dealkylation sites (tertiary alicyclic amines) is 1. The highest BCUT2D eigenvalue weighted by molar-refractivity contribution is 5.68. The third-order valence-corrected chi connectivity index (χ3v) is 7.45. The van der Waals surface area contributed by atoms with Gasteiger partial charge in [0, 0.05) is 36.6 Å². The maximum absolute atomic E-state index is 12.7. The predicted octanol–water partition coefficient (Wildman–Crippen LogP) is 6.07. The molecule has 1 N–H and O–H groups in total. The first kappa shape index (κ1) is 24.2. The molecule has 33 heavy (non-hydrogen) atoms. The van der Waals surface area contributed by atoms with Gasteiger partial charge in [-0.1, -0.05) is 20.3 Å². The highest BCUT2D eigenvalue weighted by Crippen LogP contribution is 2.54. The van der Waals surface area contributed by atoms with Crippen molar-refractivity contribution in [2.45, 2.75) is 97.1 Å². The van der Waals surface area contributed by atoms with E-state index in [1.54, 1.807) is 12.1 Å². The number of aromatic hydroxyl groups is 1. The molecule has 184 valence electrons. The number of rotatable bonds is 4. The molecular weight excluding hydrogens is 418 g/mol. The number of hydrogen-bond acceptors (Lipinski definition) is 5. The van der Waals surface area contributed by atoms with Crippen LogP contribution in [-0.2, 0) is 9.47 Å². The summed E-state index contributed by atoms with van der Waals surface area (Å²) < 4.78 is 19.0. The Balaban J connectivity index is 1.56. The van der Waals surface area contributed by atoms with Crippen LogP contribution in [0.2, 0.25) is 0 Å². The number of ether oxygens (including phenoxy) is 3. The van der Waals surface area contributed by atoms with Crippen molar-refractivity contribution < 1.29 is 24.1 Å². The average molecular weight is 460 g/mol. The molecule has 6 heteroatoms. The van der Waals surface area contributed by atoms with E-state index in [0.29, 0.717) is 19.0 Å². The predicted molar refractivity (Wildman–Crippen MR) is 127 cm³/mol. The number of phenolic OH excluding ortho intramolecular Hbond substituents is 1. The zero-order valence-corrected chi connectivity index (χ0v) is 21.1. The minimum absolute atomic E-state index is 0.0484. The molecule has 0 saturated carbocycles. The van der Waals surface area contributed by atoms with Crippen LogP contribution in [-0.4, -0.2) is 46.5 Å². The minimum Gasteiger partial charge on any atom is -0.508 e. The van der Waals surface area contributed by atoms with Crippen LogP contribution in [0, 0.1) is 17.8 Å². The Bertz CT molecular complexity index is 863. The van der Waals surface area contributed by atoms with Crippen LogP contribution in [0.1, 0.15) is 85.3 Å². The Morgan fingerprint density at radius 2 is 2.09 bits per heavy atom. The Morgan fingerprint density at radius 3 is 2.79 bits per heavy atom. The molecule has 2 saturated heterocycles. The molecule has 0 spiro atoms. The molecule has 0 bridgehead atoms. The quantitative estimate of drug-likeness (QED) is 0.592. The number of fused-ring (bicyclic) bond motifs is 4. The molecule has 6 nitrogen and oxygen atoms in total. The van der Waals surface area contributed by atoms with Crippen molar-refractivity contribution in [3.63, 3.8) is 0 Å². The molecule has 1 aromatic rings. The number of amides is 1. The summed E-state index contributed by atoms with van der Waals surface area (Å²) >= 11 is 0. The molecule has 1 amide bonds. The lowest BCUT2D eigenvalue weighted by Crippen LogP contribution is -2.57. The molecular formula is C27H41NO5. The van der Waals surface area contributed by atoms with E-state index in [1.807, 2.05) is 31.7 Å². The number of phenols is 1.